The molecular weight excluding hydrogens is 136 g/mol. The maximum Gasteiger partial charge on any atom is 0.144 e. The van der Waals surface area contributed by atoms with Gasteiger partial charge < -0.3 is 0 Å². The van der Waals surface area contributed by atoms with Gasteiger partial charge in [-0.3, -0.25) is 4.79 Å². The van der Waals surface area contributed by atoms with E-state index in [4.69, 9.17) is 0 Å². The number of rotatable bonds is 3. The summed E-state index contributed by atoms with van der Waals surface area (Å²) in [5.74, 6) is 0.324. The number of hydrogen-bond acceptors (Lipinski definition) is 1. The fraction of sp³-hybridized carbons (Fsp3) is 0.700. The highest BCUT2D eigenvalue weighted by atomic mass is 16.1. The average molecular weight is 154 g/mol. The Morgan fingerprint density at radius 1 is 1.55 bits per heavy atom. The molecule has 0 rings (SSSR count). The van der Waals surface area contributed by atoms with Gasteiger partial charge in [0, 0.05) is 11.3 Å². The zero-order chi connectivity index (χ0) is 9.07. The van der Waals surface area contributed by atoms with Crippen molar-refractivity contribution < 1.29 is 4.79 Å². The van der Waals surface area contributed by atoms with Crippen molar-refractivity contribution in [3.63, 3.8) is 0 Å². The number of carbonyl (C=O) groups is 1. The molecule has 0 bridgehead atoms. The van der Waals surface area contributed by atoms with E-state index < -0.39 is 0 Å². The Morgan fingerprint density at radius 3 is 2.09 bits per heavy atom. The predicted octanol–water partition coefficient (Wildman–Crippen LogP) is 2.81. The first kappa shape index (κ1) is 10.4. The third-order valence-corrected chi connectivity index (χ3v) is 1.80. The summed E-state index contributed by atoms with van der Waals surface area (Å²) in [7, 11) is 0. The molecule has 11 heavy (non-hydrogen) atoms. The molecular formula is C10H18O. The van der Waals surface area contributed by atoms with Crippen LogP contribution < -0.4 is 0 Å². The number of hydrogen-bond donors (Lipinski definition) is 0. The highest BCUT2D eigenvalue weighted by Gasteiger charge is 2.26. The van der Waals surface area contributed by atoms with Crippen molar-refractivity contribution in [1.29, 1.82) is 0 Å². The summed E-state index contributed by atoms with van der Waals surface area (Å²) in [4.78, 5) is 11.6. The van der Waals surface area contributed by atoms with E-state index in [0.29, 0.717) is 0 Å². The molecule has 0 aromatic carbocycles. The smallest absolute Gasteiger partial charge is 0.144 e. The molecule has 0 heterocycles. The molecule has 0 amide bonds. The normalized spacial score (nSPS) is 14.2. The first-order valence-corrected chi connectivity index (χ1v) is 4.10. The van der Waals surface area contributed by atoms with Crippen LogP contribution in [0.15, 0.2) is 12.7 Å². The van der Waals surface area contributed by atoms with Gasteiger partial charge in [0.25, 0.3) is 0 Å². The van der Waals surface area contributed by atoms with Crippen molar-refractivity contribution in [1.82, 2.24) is 0 Å². The molecule has 0 aromatic heterocycles. The average Bonchev–Trinajstić information content (AvgIpc) is 1.88. The lowest BCUT2D eigenvalue weighted by atomic mass is 9.82. The summed E-state index contributed by atoms with van der Waals surface area (Å²) in [6.07, 6.45) is 2.60. The van der Waals surface area contributed by atoms with Crippen molar-refractivity contribution in [3.05, 3.63) is 12.7 Å². The van der Waals surface area contributed by atoms with Crippen LogP contribution in [0.4, 0.5) is 0 Å². The zero-order valence-corrected chi connectivity index (χ0v) is 7.98. The van der Waals surface area contributed by atoms with Gasteiger partial charge in [-0.25, -0.2) is 0 Å². The van der Waals surface area contributed by atoms with Gasteiger partial charge in [0.2, 0.25) is 0 Å². The monoisotopic (exact) mass is 154 g/mol. The minimum Gasteiger partial charge on any atom is -0.298 e. The Bertz CT molecular complexity index is 151. The van der Waals surface area contributed by atoms with E-state index in [1.54, 1.807) is 6.08 Å². The minimum atomic E-state index is -0.227. The first-order chi connectivity index (χ1) is 4.93. The molecule has 1 nitrogen and oxygen atoms in total. The van der Waals surface area contributed by atoms with Crippen molar-refractivity contribution in [2.24, 2.45) is 11.3 Å². The van der Waals surface area contributed by atoms with Gasteiger partial charge in [0.15, 0.2) is 0 Å². The van der Waals surface area contributed by atoms with Crippen LogP contribution in [-0.4, -0.2) is 5.78 Å². The Hall–Kier alpha value is -0.590. The van der Waals surface area contributed by atoms with E-state index >= 15 is 0 Å². The summed E-state index contributed by atoms with van der Waals surface area (Å²) in [6, 6.07) is 0. The van der Waals surface area contributed by atoms with E-state index in [1.807, 2.05) is 27.7 Å². The molecule has 0 saturated heterocycles. The largest absolute Gasteiger partial charge is 0.298 e. The van der Waals surface area contributed by atoms with E-state index in [9.17, 15) is 4.79 Å². The van der Waals surface area contributed by atoms with Gasteiger partial charge >= 0.3 is 0 Å². The van der Waals surface area contributed by atoms with Gasteiger partial charge in [-0.05, 0) is 6.42 Å². The Kier molecular flexibility index (Phi) is 3.50. The molecule has 1 atom stereocenters. The second-order valence-corrected chi connectivity index (χ2v) is 3.86. The van der Waals surface area contributed by atoms with Crippen LogP contribution >= 0.6 is 0 Å². The quantitative estimate of drug-likeness (QED) is 0.571. The fourth-order valence-corrected chi connectivity index (χ4v) is 1.02. The molecule has 0 spiro atoms. The van der Waals surface area contributed by atoms with Crippen molar-refractivity contribution in [3.8, 4) is 0 Å². The van der Waals surface area contributed by atoms with Crippen LogP contribution in [0, 0.1) is 11.3 Å². The molecule has 0 aliphatic carbocycles. The van der Waals surface area contributed by atoms with E-state index in [1.165, 1.54) is 0 Å². The van der Waals surface area contributed by atoms with Gasteiger partial charge in [-0.2, -0.15) is 0 Å². The van der Waals surface area contributed by atoms with Gasteiger partial charge in [-0.1, -0.05) is 33.8 Å². The summed E-state index contributed by atoms with van der Waals surface area (Å²) in [5.41, 5.74) is -0.227. The van der Waals surface area contributed by atoms with E-state index in [0.717, 1.165) is 6.42 Å². The van der Waals surface area contributed by atoms with Crippen LogP contribution in [0.25, 0.3) is 0 Å². The molecule has 0 aliphatic rings. The molecule has 64 valence electrons. The zero-order valence-electron chi connectivity index (χ0n) is 7.98. The SMILES string of the molecule is C=CC(CC)C(=O)C(C)(C)C. The molecule has 0 aliphatic heterocycles. The molecule has 1 heteroatoms. The molecule has 0 N–H and O–H groups in total. The standard InChI is InChI=1S/C10H18O/c1-6-8(7-2)9(11)10(3,4)5/h6,8H,1,7H2,2-5H3. The lowest BCUT2D eigenvalue weighted by Gasteiger charge is -2.21. The maximum atomic E-state index is 11.6. The summed E-state index contributed by atoms with van der Waals surface area (Å²) in [5, 5.41) is 0. The van der Waals surface area contributed by atoms with Gasteiger partial charge in [0.1, 0.15) is 5.78 Å². The first-order valence-electron chi connectivity index (χ1n) is 4.10. The Balaban J connectivity index is 4.33. The second-order valence-electron chi connectivity index (χ2n) is 3.86. The van der Waals surface area contributed by atoms with Crippen molar-refractivity contribution in [2.45, 2.75) is 34.1 Å². The molecule has 0 saturated carbocycles. The van der Waals surface area contributed by atoms with Crippen LogP contribution in [-0.2, 0) is 4.79 Å². The highest BCUT2D eigenvalue weighted by Crippen LogP contribution is 2.22. The van der Waals surface area contributed by atoms with Crippen LogP contribution in [0.5, 0.6) is 0 Å². The summed E-state index contributed by atoms with van der Waals surface area (Å²) in [6.45, 7) is 11.5. The topological polar surface area (TPSA) is 17.1 Å². The predicted molar refractivity (Wildman–Crippen MR) is 48.4 cm³/mol. The van der Waals surface area contributed by atoms with Crippen molar-refractivity contribution >= 4 is 5.78 Å². The number of ketones is 1. The van der Waals surface area contributed by atoms with Crippen LogP contribution in [0.2, 0.25) is 0 Å². The molecule has 0 fully saturated rings. The Morgan fingerprint density at radius 2 is 2.00 bits per heavy atom. The lowest BCUT2D eigenvalue weighted by molar-refractivity contribution is -0.129. The molecule has 1 unspecified atom stereocenters. The second kappa shape index (κ2) is 3.70. The van der Waals surface area contributed by atoms with Crippen LogP contribution in [0.3, 0.4) is 0 Å². The summed E-state index contributed by atoms with van der Waals surface area (Å²) < 4.78 is 0. The third-order valence-electron chi connectivity index (χ3n) is 1.80. The number of carbonyl (C=O) groups excluding carboxylic acids is 1. The summed E-state index contributed by atoms with van der Waals surface area (Å²) >= 11 is 0. The van der Waals surface area contributed by atoms with Crippen LogP contribution in [0.1, 0.15) is 34.1 Å². The lowest BCUT2D eigenvalue weighted by Crippen LogP contribution is -2.26. The highest BCUT2D eigenvalue weighted by molar-refractivity contribution is 5.87. The fourth-order valence-electron chi connectivity index (χ4n) is 1.02. The van der Waals surface area contributed by atoms with Crippen molar-refractivity contribution in [2.75, 3.05) is 0 Å². The maximum absolute atomic E-state index is 11.6. The number of Topliss-reactive ketones (excluding diaryl/α,β-unsaturated/α-hetero) is 1. The molecule has 0 aromatic rings. The minimum absolute atomic E-state index is 0.0370. The molecule has 0 radical (unpaired) electrons. The van der Waals surface area contributed by atoms with Gasteiger partial charge in [-0.15, -0.1) is 6.58 Å². The van der Waals surface area contributed by atoms with E-state index in [-0.39, 0.29) is 17.1 Å². The van der Waals surface area contributed by atoms with E-state index in [2.05, 4.69) is 6.58 Å². The third kappa shape index (κ3) is 2.87. The van der Waals surface area contributed by atoms with Gasteiger partial charge in [0.05, 0.1) is 0 Å². The Labute approximate surface area is 69.5 Å². The number of allylic oxidation sites excluding steroid dienone is 1.